The van der Waals surface area contributed by atoms with E-state index < -0.39 is 0 Å². The third kappa shape index (κ3) is 2.27. The maximum absolute atomic E-state index is 6.10. The largest absolute Gasteiger partial charge is 0.397 e. The van der Waals surface area contributed by atoms with E-state index in [0.717, 1.165) is 32.7 Å². The zero-order valence-corrected chi connectivity index (χ0v) is 11.3. The van der Waals surface area contributed by atoms with Crippen LogP contribution in [0.15, 0.2) is 48.5 Å². The van der Waals surface area contributed by atoms with Gasteiger partial charge in [0, 0.05) is 16.1 Å². The molecule has 2 nitrogen and oxygen atoms in total. The van der Waals surface area contributed by atoms with E-state index in [2.05, 4.69) is 11.1 Å². The summed E-state index contributed by atoms with van der Waals surface area (Å²) >= 11 is 5.91. The lowest BCUT2D eigenvalue weighted by atomic mass is 10.0. The molecule has 3 rings (SSSR count). The van der Waals surface area contributed by atoms with Gasteiger partial charge < -0.3 is 5.73 Å². The molecule has 0 amide bonds. The number of anilines is 1. The molecule has 0 aliphatic rings. The average molecular weight is 269 g/mol. The Morgan fingerprint density at radius 1 is 0.947 bits per heavy atom. The van der Waals surface area contributed by atoms with Gasteiger partial charge in [-0.15, -0.1) is 0 Å². The SMILES string of the molecule is Cc1ccc2cc(-c3ccc(Cl)cc3)cc(N)c2n1. The van der Waals surface area contributed by atoms with Crippen LogP contribution in [-0.4, -0.2) is 4.98 Å². The van der Waals surface area contributed by atoms with Crippen molar-refractivity contribution in [1.82, 2.24) is 4.98 Å². The minimum absolute atomic E-state index is 0.700. The number of nitrogen functional groups attached to an aromatic ring is 1. The first kappa shape index (κ1) is 12.0. The van der Waals surface area contributed by atoms with Gasteiger partial charge in [0.2, 0.25) is 0 Å². The highest BCUT2D eigenvalue weighted by Crippen LogP contribution is 2.29. The molecule has 94 valence electrons. The molecule has 1 aromatic heterocycles. The number of aryl methyl sites for hydroxylation is 1. The summed E-state index contributed by atoms with van der Waals surface area (Å²) in [6, 6.07) is 15.8. The molecule has 0 fully saturated rings. The van der Waals surface area contributed by atoms with Gasteiger partial charge in [0.05, 0.1) is 11.2 Å². The van der Waals surface area contributed by atoms with Crippen LogP contribution in [0.1, 0.15) is 5.69 Å². The zero-order valence-electron chi connectivity index (χ0n) is 10.5. The van der Waals surface area contributed by atoms with Crippen LogP contribution in [0, 0.1) is 6.92 Å². The van der Waals surface area contributed by atoms with Crippen LogP contribution in [0.4, 0.5) is 5.69 Å². The standard InChI is InChI=1S/C16H13ClN2/c1-10-2-3-12-8-13(9-15(18)16(12)19-10)11-4-6-14(17)7-5-11/h2-9H,18H2,1H3. The first-order chi connectivity index (χ1) is 9.13. The summed E-state index contributed by atoms with van der Waals surface area (Å²) in [4.78, 5) is 4.48. The molecule has 3 heteroatoms. The third-order valence-electron chi connectivity index (χ3n) is 3.14. The molecule has 0 unspecified atom stereocenters. The monoisotopic (exact) mass is 268 g/mol. The highest BCUT2D eigenvalue weighted by atomic mass is 35.5. The Labute approximate surface area is 116 Å². The second-order valence-corrected chi connectivity index (χ2v) is 5.03. The first-order valence-corrected chi connectivity index (χ1v) is 6.44. The van der Waals surface area contributed by atoms with E-state index in [4.69, 9.17) is 17.3 Å². The maximum Gasteiger partial charge on any atom is 0.0934 e. The second-order valence-electron chi connectivity index (χ2n) is 4.60. The molecular weight excluding hydrogens is 256 g/mol. The smallest absolute Gasteiger partial charge is 0.0934 e. The molecule has 3 aromatic rings. The highest BCUT2D eigenvalue weighted by molar-refractivity contribution is 6.30. The summed E-state index contributed by atoms with van der Waals surface area (Å²) in [5.74, 6) is 0. The van der Waals surface area contributed by atoms with Gasteiger partial charge in [-0.05, 0) is 48.4 Å². The molecule has 0 saturated heterocycles. The Bertz CT molecular complexity index is 749. The molecule has 0 bridgehead atoms. The highest BCUT2D eigenvalue weighted by Gasteiger charge is 2.05. The number of hydrogen-bond donors (Lipinski definition) is 1. The van der Waals surface area contributed by atoms with Gasteiger partial charge in [-0.1, -0.05) is 29.8 Å². The topological polar surface area (TPSA) is 38.9 Å². The van der Waals surface area contributed by atoms with Gasteiger partial charge in [0.1, 0.15) is 0 Å². The molecule has 0 aliphatic heterocycles. The van der Waals surface area contributed by atoms with Crippen molar-refractivity contribution in [2.75, 3.05) is 5.73 Å². The maximum atomic E-state index is 6.10. The van der Waals surface area contributed by atoms with E-state index in [1.165, 1.54) is 0 Å². The van der Waals surface area contributed by atoms with E-state index in [9.17, 15) is 0 Å². The van der Waals surface area contributed by atoms with Gasteiger partial charge in [-0.2, -0.15) is 0 Å². The number of benzene rings is 2. The van der Waals surface area contributed by atoms with Gasteiger partial charge >= 0.3 is 0 Å². The van der Waals surface area contributed by atoms with Crippen LogP contribution >= 0.6 is 11.6 Å². The quantitative estimate of drug-likeness (QED) is 0.663. The Balaban J connectivity index is 2.20. The normalized spacial score (nSPS) is 10.8. The van der Waals surface area contributed by atoms with Crippen LogP contribution in [0.25, 0.3) is 22.0 Å². The van der Waals surface area contributed by atoms with Crippen LogP contribution in [0.3, 0.4) is 0 Å². The molecule has 0 aliphatic carbocycles. The van der Waals surface area contributed by atoms with E-state index in [1.54, 1.807) is 0 Å². The Morgan fingerprint density at radius 3 is 2.42 bits per heavy atom. The fraction of sp³-hybridized carbons (Fsp3) is 0.0625. The Hall–Kier alpha value is -2.06. The Kier molecular flexibility index (Phi) is 2.88. The third-order valence-corrected chi connectivity index (χ3v) is 3.39. The van der Waals surface area contributed by atoms with Crippen LogP contribution in [-0.2, 0) is 0 Å². The van der Waals surface area contributed by atoms with Crippen molar-refractivity contribution in [3.05, 3.63) is 59.2 Å². The molecule has 19 heavy (non-hydrogen) atoms. The molecule has 2 N–H and O–H groups in total. The number of fused-ring (bicyclic) bond motifs is 1. The molecule has 0 saturated carbocycles. The minimum atomic E-state index is 0.700. The molecule has 0 atom stereocenters. The van der Waals surface area contributed by atoms with Gasteiger partial charge in [-0.25, -0.2) is 0 Å². The molecule has 0 radical (unpaired) electrons. The number of pyridine rings is 1. The summed E-state index contributed by atoms with van der Waals surface area (Å²) in [7, 11) is 0. The van der Waals surface area contributed by atoms with Crippen molar-refractivity contribution in [3.63, 3.8) is 0 Å². The summed E-state index contributed by atoms with van der Waals surface area (Å²) in [6.45, 7) is 1.96. The molecule has 0 spiro atoms. The van der Waals surface area contributed by atoms with Crippen molar-refractivity contribution in [2.45, 2.75) is 6.92 Å². The zero-order chi connectivity index (χ0) is 13.4. The van der Waals surface area contributed by atoms with E-state index in [1.807, 2.05) is 49.4 Å². The molecule has 2 aromatic carbocycles. The predicted octanol–water partition coefficient (Wildman–Crippen LogP) is 4.45. The number of hydrogen-bond acceptors (Lipinski definition) is 2. The lowest BCUT2D eigenvalue weighted by Crippen LogP contribution is -1.92. The number of rotatable bonds is 1. The van der Waals surface area contributed by atoms with Gasteiger partial charge in [0.25, 0.3) is 0 Å². The fourth-order valence-corrected chi connectivity index (χ4v) is 2.30. The second kappa shape index (κ2) is 4.56. The minimum Gasteiger partial charge on any atom is -0.397 e. The lowest BCUT2D eigenvalue weighted by molar-refractivity contribution is 1.26. The van der Waals surface area contributed by atoms with Gasteiger partial charge in [-0.3, -0.25) is 4.98 Å². The lowest BCUT2D eigenvalue weighted by Gasteiger charge is -2.07. The van der Waals surface area contributed by atoms with Crippen molar-refractivity contribution in [1.29, 1.82) is 0 Å². The summed E-state index contributed by atoms with van der Waals surface area (Å²) in [6.07, 6.45) is 0. The number of halogens is 1. The summed E-state index contributed by atoms with van der Waals surface area (Å²) in [5.41, 5.74) is 10.8. The number of aromatic nitrogens is 1. The van der Waals surface area contributed by atoms with E-state index in [0.29, 0.717) is 5.69 Å². The van der Waals surface area contributed by atoms with Crippen molar-refractivity contribution in [3.8, 4) is 11.1 Å². The molecule has 1 heterocycles. The average Bonchev–Trinajstić information content (AvgIpc) is 2.40. The van der Waals surface area contributed by atoms with Crippen LogP contribution in [0.2, 0.25) is 5.02 Å². The number of nitrogens with two attached hydrogens (primary N) is 1. The van der Waals surface area contributed by atoms with Crippen LogP contribution in [0.5, 0.6) is 0 Å². The van der Waals surface area contributed by atoms with Crippen molar-refractivity contribution < 1.29 is 0 Å². The van der Waals surface area contributed by atoms with Crippen LogP contribution < -0.4 is 5.73 Å². The first-order valence-electron chi connectivity index (χ1n) is 6.06. The van der Waals surface area contributed by atoms with E-state index in [-0.39, 0.29) is 0 Å². The van der Waals surface area contributed by atoms with Crippen molar-refractivity contribution in [2.24, 2.45) is 0 Å². The van der Waals surface area contributed by atoms with E-state index >= 15 is 0 Å². The number of nitrogens with zero attached hydrogens (tertiary/aromatic N) is 1. The predicted molar refractivity (Wildman–Crippen MR) is 81.3 cm³/mol. The summed E-state index contributed by atoms with van der Waals surface area (Å²) in [5, 5.41) is 1.78. The fourth-order valence-electron chi connectivity index (χ4n) is 2.17. The molecular formula is C16H13ClN2. The summed E-state index contributed by atoms with van der Waals surface area (Å²) < 4.78 is 0. The van der Waals surface area contributed by atoms with Gasteiger partial charge in [0.15, 0.2) is 0 Å². The van der Waals surface area contributed by atoms with Crippen molar-refractivity contribution >= 4 is 28.2 Å². The Morgan fingerprint density at radius 2 is 1.68 bits per heavy atom.